The summed E-state index contributed by atoms with van der Waals surface area (Å²) in [4.78, 5) is 8.86. The van der Waals surface area contributed by atoms with E-state index in [2.05, 4.69) is 78.4 Å². The van der Waals surface area contributed by atoms with Gasteiger partial charge in [-0.1, -0.05) is 71.8 Å². The maximum absolute atomic E-state index is 6.22. The average Bonchev–Trinajstić information content (AvgIpc) is 3.13. The third kappa shape index (κ3) is 5.65. The monoisotopic (exact) mass is 695 g/mol. The van der Waals surface area contributed by atoms with Crippen molar-refractivity contribution < 1.29 is 24.8 Å². The van der Waals surface area contributed by atoms with Crippen molar-refractivity contribution in [1.29, 1.82) is 0 Å². The molecule has 0 unspecified atom stereocenters. The van der Waals surface area contributed by atoms with Gasteiger partial charge in [-0.3, -0.25) is 0 Å². The molecule has 6 aromatic rings. The van der Waals surface area contributed by atoms with Crippen molar-refractivity contribution in [3.05, 3.63) is 145 Å². The topological polar surface area (TPSA) is 35.0 Å². The summed E-state index contributed by atoms with van der Waals surface area (Å²) in [7, 11) is 0. The first-order chi connectivity index (χ1) is 19.2. The van der Waals surface area contributed by atoms with Crippen molar-refractivity contribution in [3.63, 3.8) is 0 Å². The Morgan fingerprint density at radius 3 is 2.08 bits per heavy atom. The minimum atomic E-state index is 0. The molecule has 1 aliphatic rings. The van der Waals surface area contributed by atoms with Crippen LogP contribution >= 0.6 is 0 Å². The summed E-state index contributed by atoms with van der Waals surface area (Å²) in [6.45, 7) is 4.13. The van der Waals surface area contributed by atoms with Crippen molar-refractivity contribution >= 4 is 0 Å². The Morgan fingerprint density at radius 2 is 1.35 bits per heavy atom. The molecule has 0 aliphatic carbocycles. The molecule has 0 amide bonds. The number of hydrogen-bond donors (Lipinski definition) is 0. The molecule has 0 fully saturated rings. The van der Waals surface area contributed by atoms with E-state index < -0.39 is 0 Å². The van der Waals surface area contributed by atoms with E-state index >= 15 is 0 Å². The van der Waals surface area contributed by atoms with E-state index in [1.807, 2.05) is 72.9 Å². The van der Waals surface area contributed by atoms with Gasteiger partial charge in [0, 0.05) is 38.1 Å². The van der Waals surface area contributed by atoms with Crippen LogP contribution in [-0.4, -0.2) is 9.97 Å². The van der Waals surface area contributed by atoms with Crippen molar-refractivity contribution in [3.8, 4) is 56.3 Å². The van der Waals surface area contributed by atoms with Crippen LogP contribution in [0.3, 0.4) is 0 Å². The maximum atomic E-state index is 6.22. The van der Waals surface area contributed by atoms with Crippen LogP contribution < -0.4 is 4.74 Å². The molecule has 0 N–H and O–H groups in total. The van der Waals surface area contributed by atoms with E-state index in [0.717, 1.165) is 50.7 Å². The molecular formula is C36H26IrN2O-2. The van der Waals surface area contributed by atoms with E-state index in [0.29, 0.717) is 0 Å². The largest absolute Gasteiger partial charge is 0.500 e. The first kappa shape index (κ1) is 27.2. The minimum Gasteiger partial charge on any atom is -0.500 e. The molecule has 0 saturated heterocycles. The van der Waals surface area contributed by atoms with Gasteiger partial charge in [-0.25, -0.2) is 0 Å². The van der Waals surface area contributed by atoms with Crippen LogP contribution in [0.4, 0.5) is 0 Å². The Bertz CT molecular complexity index is 1750. The van der Waals surface area contributed by atoms with Gasteiger partial charge in [0.25, 0.3) is 0 Å². The summed E-state index contributed by atoms with van der Waals surface area (Å²) in [5.74, 6) is 1.68. The molecule has 3 nitrogen and oxygen atoms in total. The first-order valence-corrected chi connectivity index (χ1v) is 12.9. The maximum Gasteiger partial charge on any atom is 0.122 e. The van der Waals surface area contributed by atoms with Crippen LogP contribution in [0.5, 0.6) is 11.5 Å². The van der Waals surface area contributed by atoms with Crippen LogP contribution in [0.2, 0.25) is 0 Å². The summed E-state index contributed by atoms with van der Waals surface area (Å²) in [5.41, 5.74) is 10.9. The fourth-order valence-corrected chi connectivity index (χ4v) is 4.83. The number of aryl methyl sites for hydroxylation is 2. The molecule has 40 heavy (non-hydrogen) atoms. The molecular weight excluding hydrogens is 669 g/mol. The van der Waals surface area contributed by atoms with Gasteiger partial charge < -0.3 is 14.7 Å². The number of ether oxygens (including phenoxy) is 1. The molecule has 4 heteroatoms. The predicted octanol–water partition coefficient (Wildman–Crippen LogP) is 9.15. The zero-order chi connectivity index (χ0) is 26.6. The molecule has 1 radical (unpaired) electrons. The number of para-hydroxylation sites is 1. The number of benzene rings is 4. The number of hydrogen-bond acceptors (Lipinski definition) is 3. The average molecular weight is 695 g/mol. The van der Waals surface area contributed by atoms with Crippen LogP contribution in [0, 0.1) is 26.0 Å². The van der Waals surface area contributed by atoms with Gasteiger partial charge in [0.1, 0.15) is 5.75 Å². The number of fused-ring (bicyclic) bond motifs is 5. The standard InChI is InChI=1S/C23H14NO.C13H12N.Ir/c1-2-8-18-17(7-1)19-9-3-4-11-22(19)25-23-13-12-16(15-20(18)23)21-10-5-6-14-24-21;1-10-8-11(2)13(14-9-10)12-6-4-3-5-7-12;/h1-11,13-15H;3-6,8-9H,1-2H3;/q2*-1;. The zero-order valence-corrected chi connectivity index (χ0v) is 24.6. The summed E-state index contributed by atoms with van der Waals surface area (Å²) < 4.78 is 6.22. The molecule has 0 bridgehead atoms. The number of rotatable bonds is 2. The Balaban J connectivity index is 0.000000184. The van der Waals surface area contributed by atoms with Crippen LogP contribution in [-0.2, 0) is 20.1 Å². The Hall–Kier alpha value is -4.37. The van der Waals surface area contributed by atoms with Gasteiger partial charge in [0.05, 0.1) is 5.75 Å². The van der Waals surface area contributed by atoms with E-state index in [-0.39, 0.29) is 20.1 Å². The second kappa shape index (κ2) is 12.2. The molecule has 0 atom stereocenters. The molecule has 7 rings (SSSR count). The third-order valence-electron chi connectivity index (χ3n) is 6.65. The van der Waals surface area contributed by atoms with Crippen molar-refractivity contribution in [2.45, 2.75) is 13.8 Å². The van der Waals surface area contributed by atoms with Gasteiger partial charge in [-0.15, -0.1) is 59.7 Å². The normalized spacial score (nSPS) is 10.8. The van der Waals surface area contributed by atoms with E-state index in [4.69, 9.17) is 4.74 Å². The molecule has 0 saturated carbocycles. The fourth-order valence-electron chi connectivity index (χ4n) is 4.83. The molecule has 197 valence electrons. The Morgan fingerprint density at radius 1 is 0.625 bits per heavy atom. The summed E-state index contributed by atoms with van der Waals surface area (Å²) in [6, 6.07) is 43.0. The van der Waals surface area contributed by atoms with E-state index in [9.17, 15) is 0 Å². The first-order valence-electron chi connectivity index (χ1n) is 12.9. The summed E-state index contributed by atoms with van der Waals surface area (Å²) >= 11 is 0. The van der Waals surface area contributed by atoms with Crippen molar-refractivity contribution in [1.82, 2.24) is 9.97 Å². The Kier molecular flexibility index (Phi) is 8.31. The predicted molar refractivity (Wildman–Crippen MR) is 157 cm³/mol. The number of aromatic nitrogens is 2. The second-order valence-corrected chi connectivity index (χ2v) is 9.44. The zero-order valence-electron chi connectivity index (χ0n) is 22.2. The minimum absolute atomic E-state index is 0. The summed E-state index contributed by atoms with van der Waals surface area (Å²) in [6.07, 6.45) is 3.69. The molecule has 3 heterocycles. The van der Waals surface area contributed by atoms with E-state index in [1.165, 1.54) is 16.7 Å². The van der Waals surface area contributed by atoms with Gasteiger partial charge in [-0.05, 0) is 54.1 Å². The smallest absolute Gasteiger partial charge is 0.122 e. The molecule has 4 aromatic carbocycles. The van der Waals surface area contributed by atoms with Gasteiger partial charge in [0.15, 0.2) is 0 Å². The van der Waals surface area contributed by atoms with Crippen LogP contribution in [0.1, 0.15) is 11.1 Å². The number of nitrogens with zero attached hydrogens (tertiary/aromatic N) is 2. The third-order valence-corrected chi connectivity index (χ3v) is 6.65. The fraction of sp³-hybridized carbons (Fsp3) is 0.0556. The van der Waals surface area contributed by atoms with Crippen LogP contribution in [0.15, 0.2) is 122 Å². The van der Waals surface area contributed by atoms with Crippen molar-refractivity contribution in [2.75, 3.05) is 0 Å². The molecule has 0 spiro atoms. The van der Waals surface area contributed by atoms with Crippen molar-refractivity contribution in [2.24, 2.45) is 0 Å². The molecule has 1 aliphatic heterocycles. The number of pyridine rings is 2. The van der Waals surface area contributed by atoms with Gasteiger partial charge in [-0.2, -0.15) is 0 Å². The van der Waals surface area contributed by atoms with E-state index in [1.54, 1.807) is 6.20 Å². The van der Waals surface area contributed by atoms with Gasteiger partial charge >= 0.3 is 0 Å². The Labute approximate surface area is 248 Å². The van der Waals surface area contributed by atoms with Gasteiger partial charge in [0.2, 0.25) is 0 Å². The quantitative estimate of drug-likeness (QED) is 0.169. The second-order valence-electron chi connectivity index (χ2n) is 9.44. The SMILES string of the molecule is Cc1cnc(-c2[c-]cccc2)c(C)c1.[Ir].[c-]1cc2c(cc1-c1ccccn1)-c1ccccc1-c1ccccc1O2. The van der Waals surface area contributed by atoms with Crippen LogP contribution in [0.25, 0.3) is 44.8 Å². The summed E-state index contributed by atoms with van der Waals surface area (Å²) in [5, 5.41) is 0. The molecule has 2 aromatic heterocycles.